The molecule has 2 aromatic carbocycles. The number of hydrogen-bond acceptors (Lipinski definition) is 8. The average molecular weight is 366 g/mol. The normalized spacial score (nSPS) is 9.04. The van der Waals surface area contributed by atoms with Gasteiger partial charge in [0.25, 0.3) is 0 Å². The molecule has 0 N–H and O–H groups in total. The molecule has 0 aliphatic heterocycles. The van der Waals surface area contributed by atoms with E-state index in [1.54, 1.807) is 36.4 Å². The molecule has 0 aromatic heterocycles. The number of rotatable bonds is 2. The van der Waals surface area contributed by atoms with Gasteiger partial charge in [0.15, 0.2) is 9.95 Å². The molecule has 0 bridgehead atoms. The zero-order chi connectivity index (χ0) is 19.3. The quantitative estimate of drug-likeness (QED) is 0.446. The lowest BCUT2D eigenvalue weighted by Gasteiger charge is -2.06. The number of nitrogens with zero attached hydrogens (tertiary/aromatic N) is 4. The highest BCUT2D eigenvalue weighted by Crippen LogP contribution is 2.26. The third-order valence-electron chi connectivity index (χ3n) is 2.39. The van der Waals surface area contributed by atoms with Gasteiger partial charge in [-0.15, -0.1) is 0 Å². The van der Waals surface area contributed by atoms with Crippen molar-refractivity contribution in [3.8, 4) is 11.5 Å². The molecule has 0 radical (unpaired) electrons. The van der Waals surface area contributed by atoms with Crippen LogP contribution in [0.5, 0.6) is 11.5 Å². The highest BCUT2D eigenvalue weighted by Gasteiger charge is 2.11. The van der Waals surface area contributed by atoms with Gasteiger partial charge in [-0.2, -0.15) is 0 Å². The number of ether oxygens (including phenoxy) is 2. The lowest BCUT2D eigenvalue weighted by Crippen LogP contribution is -1.91. The van der Waals surface area contributed by atoms with Gasteiger partial charge in [0.05, 0.1) is 14.2 Å². The predicted molar refractivity (Wildman–Crippen MR) is 86.0 cm³/mol. The molecule has 0 saturated heterocycles. The van der Waals surface area contributed by atoms with E-state index < -0.39 is 10.4 Å². The summed E-state index contributed by atoms with van der Waals surface area (Å²) in [6.45, 7) is 0. The third-order valence-corrected chi connectivity index (χ3v) is 2.39. The largest absolute Gasteiger partial charge is 0.759 e. The zero-order valence-corrected chi connectivity index (χ0v) is 14.1. The van der Waals surface area contributed by atoms with Crippen molar-refractivity contribution < 1.29 is 27.0 Å². The SMILES string of the molecule is COc1ccccc1[N+]#N.COc1ccccc1[N+]#N.O=S(=O)([O-])[O-]. The molecule has 0 aliphatic rings. The van der Waals surface area contributed by atoms with Gasteiger partial charge in [-0.05, 0) is 12.1 Å². The minimum atomic E-state index is -5.17. The van der Waals surface area contributed by atoms with E-state index in [1.165, 1.54) is 14.2 Å². The summed E-state index contributed by atoms with van der Waals surface area (Å²) >= 11 is 0. The van der Waals surface area contributed by atoms with Crippen molar-refractivity contribution in [2.45, 2.75) is 0 Å². The van der Waals surface area contributed by atoms with Crippen LogP contribution in [0.4, 0.5) is 11.4 Å². The van der Waals surface area contributed by atoms with E-state index in [1.807, 2.05) is 12.1 Å². The maximum atomic E-state index is 8.52. The predicted octanol–water partition coefficient (Wildman–Crippen LogP) is 3.02. The van der Waals surface area contributed by atoms with Gasteiger partial charge in [0.1, 0.15) is 0 Å². The molecule has 0 atom stereocenters. The third kappa shape index (κ3) is 10.2. The van der Waals surface area contributed by atoms with E-state index in [2.05, 4.69) is 9.95 Å². The molecule has 0 saturated carbocycles. The second-order valence-corrected chi connectivity index (χ2v) is 4.77. The van der Waals surface area contributed by atoms with Crippen molar-refractivity contribution in [1.29, 1.82) is 10.8 Å². The molecule has 2 rings (SSSR count). The number of para-hydroxylation sites is 2. The maximum Gasteiger partial charge on any atom is 0.426 e. The van der Waals surface area contributed by atoms with Crippen LogP contribution in [0.1, 0.15) is 0 Å². The molecule has 10 nitrogen and oxygen atoms in total. The van der Waals surface area contributed by atoms with Crippen molar-refractivity contribution in [2.75, 3.05) is 14.2 Å². The summed E-state index contributed by atoms with van der Waals surface area (Å²) in [4.78, 5) is 6.03. The number of hydrogen-bond donors (Lipinski definition) is 0. The Morgan fingerprint density at radius 3 is 1.28 bits per heavy atom. The molecule has 2 aromatic rings. The number of benzene rings is 2. The molecule has 0 amide bonds. The molecule has 0 spiro atoms. The molecular formula is C14H14N4O6S. The molecule has 11 heteroatoms. The maximum absolute atomic E-state index is 8.52. The van der Waals surface area contributed by atoms with Gasteiger partial charge in [0.2, 0.25) is 22.3 Å². The van der Waals surface area contributed by atoms with E-state index >= 15 is 0 Å². The first-order valence-corrected chi connectivity index (χ1v) is 7.73. The Hall–Kier alpha value is -3.25. The van der Waals surface area contributed by atoms with Gasteiger partial charge < -0.3 is 18.6 Å². The van der Waals surface area contributed by atoms with Crippen LogP contribution in [-0.4, -0.2) is 31.7 Å². The number of diazo groups is 2. The van der Waals surface area contributed by atoms with Gasteiger partial charge in [-0.3, -0.25) is 8.42 Å². The molecule has 0 heterocycles. The second kappa shape index (κ2) is 11.3. The summed E-state index contributed by atoms with van der Waals surface area (Å²) in [6.07, 6.45) is 0. The van der Waals surface area contributed by atoms with E-state index in [0.29, 0.717) is 22.9 Å². The molecule has 25 heavy (non-hydrogen) atoms. The van der Waals surface area contributed by atoms with Crippen molar-refractivity contribution in [3.63, 3.8) is 0 Å². The molecule has 0 fully saturated rings. The molecule has 0 unspecified atom stereocenters. The van der Waals surface area contributed by atoms with Crippen LogP contribution in [0, 0.1) is 10.8 Å². The van der Waals surface area contributed by atoms with Crippen LogP contribution in [0.2, 0.25) is 0 Å². The highest BCUT2D eigenvalue weighted by molar-refractivity contribution is 7.79. The van der Waals surface area contributed by atoms with E-state index in [-0.39, 0.29) is 0 Å². The first kappa shape index (κ1) is 21.8. The minimum Gasteiger partial charge on any atom is -0.759 e. The fourth-order valence-corrected chi connectivity index (χ4v) is 1.42. The van der Waals surface area contributed by atoms with Crippen molar-refractivity contribution in [2.24, 2.45) is 0 Å². The topological polar surface area (TPSA) is 155 Å². The summed E-state index contributed by atoms with van der Waals surface area (Å²) in [5, 5.41) is 16.8. The summed E-state index contributed by atoms with van der Waals surface area (Å²) in [7, 11) is -2.10. The summed E-state index contributed by atoms with van der Waals surface area (Å²) in [5.74, 6) is 1.15. The second-order valence-electron chi connectivity index (χ2n) is 3.95. The monoisotopic (exact) mass is 366 g/mol. The minimum absolute atomic E-state index is 0.449. The average Bonchev–Trinajstić information content (AvgIpc) is 2.60. The van der Waals surface area contributed by atoms with Gasteiger partial charge in [-0.25, -0.2) is 0 Å². The fourth-order valence-electron chi connectivity index (χ4n) is 1.42. The lowest BCUT2D eigenvalue weighted by atomic mass is 10.3. The Labute approximate surface area is 144 Å². The van der Waals surface area contributed by atoms with Crippen LogP contribution >= 0.6 is 0 Å². The van der Waals surface area contributed by atoms with Gasteiger partial charge >= 0.3 is 11.4 Å². The summed E-state index contributed by atoms with van der Waals surface area (Å²) < 4.78 is 43.8. The van der Waals surface area contributed by atoms with E-state index in [4.69, 9.17) is 37.8 Å². The van der Waals surface area contributed by atoms with Crippen LogP contribution < -0.4 is 9.47 Å². The van der Waals surface area contributed by atoms with Gasteiger partial charge in [-0.1, -0.05) is 24.3 Å². The first-order valence-electron chi connectivity index (χ1n) is 6.39. The van der Waals surface area contributed by atoms with Crippen LogP contribution in [0.25, 0.3) is 9.95 Å². The molecular weight excluding hydrogens is 352 g/mol. The first-order chi connectivity index (χ1) is 11.8. The van der Waals surface area contributed by atoms with Crippen molar-refractivity contribution >= 4 is 21.8 Å². The molecule has 0 aliphatic carbocycles. The van der Waals surface area contributed by atoms with Gasteiger partial charge in [0, 0.05) is 22.5 Å². The Balaban J connectivity index is 0.000000368. The van der Waals surface area contributed by atoms with Crippen molar-refractivity contribution in [1.82, 2.24) is 0 Å². The highest BCUT2D eigenvalue weighted by atomic mass is 32.3. The fraction of sp³-hybridized carbons (Fsp3) is 0.143. The molecule has 132 valence electrons. The Morgan fingerprint density at radius 2 is 1.08 bits per heavy atom. The zero-order valence-electron chi connectivity index (χ0n) is 13.3. The summed E-state index contributed by atoms with van der Waals surface area (Å²) in [6, 6.07) is 14.0. The lowest BCUT2D eigenvalue weighted by molar-refractivity contribution is 0.352. The van der Waals surface area contributed by atoms with E-state index in [9.17, 15) is 0 Å². The van der Waals surface area contributed by atoms with Crippen LogP contribution in [0.3, 0.4) is 0 Å². The smallest absolute Gasteiger partial charge is 0.426 e. The Morgan fingerprint density at radius 1 is 0.800 bits per heavy atom. The van der Waals surface area contributed by atoms with Crippen LogP contribution in [0.15, 0.2) is 48.5 Å². The number of methoxy groups -OCH3 is 2. The summed E-state index contributed by atoms with van der Waals surface area (Å²) in [5.41, 5.74) is 0.898. The Bertz CT molecular complexity index is 793. The van der Waals surface area contributed by atoms with Crippen molar-refractivity contribution in [3.05, 3.63) is 58.5 Å². The van der Waals surface area contributed by atoms with E-state index in [0.717, 1.165) is 0 Å². The standard InChI is InChI=1S/2C7H7N2O.H2O4S/c2*1-10-7-5-3-2-4-6(7)9-8;1-5(2,3)4/h2*2-5H,1H3;(H2,1,2,3,4)/q2*+1;/p-2. The van der Waals surface area contributed by atoms with Crippen LogP contribution in [-0.2, 0) is 10.4 Å². The Kier molecular flexibility index (Phi) is 9.84.